The van der Waals surface area contributed by atoms with Crippen LogP contribution in [0.5, 0.6) is 11.5 Å². The SMILES string of the molecule is CCN1CCCC1CNC(=O)Nc1nc2cc(OS(=O)(=O)c3ccc(-n4ccnc4)cc3)ccc2[nH]1.O=C(NCCN1CCCC1)Nc1nc2cc(OS(=O)(=O)c3ccc(-n4ccnc4)cc3)ccc2[nH]1. The van der Waals surface area contributed by atoms with Gasteiger partial charge in [-0.2, -0.15) is 16.8 Å². The molecule has 4 aromatic carbocycles. The normalized spacial score (nSPS) is 15.3. The van der Waals surface area contributed by atoms with Crippen molar-refractivity contribution in [2.45, 2.75) is 48.4 Å². The zero-order valence-corrected chi connectivity index (χ0v) is 40.2. The number of urea groups is 2. The monoisotopic (exact) mass is 1000 g/mol. The smallest absolute Gasteiger partial charge is 0.339 e. The molecule has 4 aromatic heterocycles. The van der Waals surface area contributed by atoms with Crippen LogP contribution >= 0.6 is 0 Å². The molecule has 0 bridgehead atoms. The minimum atomic E-state index is -4.05. The fourth-order valence-electron chi connectivity index (χ4n) is 8.33. The topological polar surface area (TPSA) is 268 Å². The summed E-state index contributed by atoms with van der Waals surface area (Å²) in [4.78, 5) is 51.8. The highest BCUT2D eigenvalue weighted by molar-refractivity contribution is 7.87. The number of rotatable bonds is 16. The lowest BCUT2D eigenvalue weighted by Crippen LogP contribution is -2.41. The van der Waals surface area contributed by atoms with E-state index in [0.29, 0.717) is 41.2 Å². The number of hydrogen-bond acceptors (Lipinski definition) is 14. The van der Waals surface area contributed by atoms with Crippen molar-refractivity contribution in [1.29, 1.82) is 0 Å². The number of imidazole rings is 4. The fraction of sp³-hybridized carbons (Fsp3) is 0.277. The van der Waals surface area contributed by atoms with Crippen molar-refractivity contribution in [3.05, 3.63) is 122 Å². The molecule has 1 atom stereocenters. The van der Waals surface area contributed by atoms with E-state index in [1.165, 1.54) is 61.4 Å². The number of aromatic nitrogens is 8. The third-order valence-electron chi connectivity index (χ3n) is 12.0. The largest absolute Gasteiger partial charge is 0.379 e. The molecule has 2 aliphatic heterocycles. The summed E-state index contributed by atoms with van der Waals surface area (Å²) in [6.07, 6.45) is 14.7. The Balaban J connectivity index is 0.000000176. The molecule has 370 valence electrons. The number of aromatic amines is 2. The summed E-state index contributed by atoms with van der Waals surface area (Å²) in [5.41, 5.74) is 3.74. The Morgan fingerprint density at radius 3 is 1.65 bits per heavy atom. The first-order chi connectivity index (χ1) is 34.4. The zero-order chi connectivity index (χ0) is 49.4. The van der Waals surface area contributed by atoms with Gasteiger partial charge in [-0.25, -0.2) is 29.5 Å². The summed E-state index contributed by atoms with van der Waals surface area (Å²) in [5, 5.41) is 11.1. The molecule has 0 radical (unpaired) electrons. The molecule has 22 nitrogen and oxygen atoms in total. The second-order valence-electron chi connectivity index (χ2n) is 16.7. The molecule has 1 unspecified atom stereocenters. The third kappa shape index (κ3) is 12.2. The third-order valence-corrected chi connectivity index (χ3v) is 14.5. The number of amides is 4. The van der Waals surface area contributed by atoms with Crippen LogP contribution in [0.4, 0.5) is 21.5 Å². The predicted molar refractivity (Wildman–Crippen MR) is 265 cm³/mol. The Kier molecular flexibility index (Phi) is 14.6. The number of H-pyrrole nitrogens is 2. The van der Waals surface area contributed by atoms with Crippen LogP contribution in [-0.2, 0) is 20.2 Å². The number of hydrogen-bond donors (Lipinski definition) is 6. The molecule has 6 heterocycles. The Bertz CT molecular complexity index is 3300. The number of likely N-dealkylation sites (N-methyl/N-ethyl adjacent to an activating group) is 1. The molecule has 8 aromatic rings. The van der Waals surface area contributed by atoms with Gasteiger partial charge in [-0.05, 0) is 125 Å². The highest BCUT2D eigenvalue weighted by Gasteiger charge is 2.24. The number of fused-ring (bicyclic) bond motifs is 2. The van der Waals surface area contributed by atoms with E-state index in [1.807, 2.05) is 0 Å². The fourth-order valence-corrected chi connectivity index (χ4v) is 10.2. The van der Waals surface area contributed by atoms with Gasteiger partial charge < -0.3 is 43.0 Å². The van der Waals surface area contributed by atoms with Crippen LogP contribution in [0.15, 0.2) is 132 Å². The van der Waals surface area contributed by atoms with Crippen LogP contribution in [0.25, 0.3) is 33.4 Å². The van der Waals surface area contributed by atoms with Gasteiger partial charge in [-0.15, -0.1) is 0 Å². The number of carbonyl (C=O) groups is 2. The molecule has 0 saturated carbocycles. The second-order valence-corrected chi connectivity index (χ2v) is 19.8. The highest BCUT2D eigenvalue weighted by atomic mass is 32.2. The molecule has 71 heavy (non-hydrogen) atoms. The number of likely N-dealkylation sites (tertiary alicyclic amines) is 2. The molecule has 10 rings (SSSR count). The lowest BCUT2D eigenvalue weighted by Gasteiger charge is -2.22. The van der Waals surface area contributed by atoms with Gasteiger partial charge in [0.15, 0.2) is 0 Å². The van der Waals surface area contributed by atoms with Gasteiger partial charge >= 0.3 is 32.3 Å². The van der Waals surface area contributed by atoms with Crippen molar-refractivity contribution in [1.82, 2.24) is 59.5 Å². The van der Waals surface area contributed by atoms with E-state index >= 15 is 0 Å². The standard InChI is InChI=1S/C24H27N7O4S.C23H25N7O4S/c1-2-30-12-3-4-18(30)15-26-24(32)29-23-27-21-10-7-19(14-22(21)28-23)35-36(33,34)20-8-5-17(6-9-20)31-13-11-25-16-31;31-23(25-10-13-29-11-1-2-12-29)28-22-26-20-8-5-18(15-21(20)27-22)34-35(32,33)19-6-3-17(4-7-19)30-14-9-24-16-30/h5-11,13-14,16,18H,2-4,12,15H2,1H3,(H3,26,27,28,29,32);3-9,14-16H,1-2,10-13H2,(H3,25,26,27,28,31). The van der Waals surface area contributed by atoms with Gasteiger partial charge in [-0.3, -0.25) is 15.5 Å². The Hall–Kier alpha value is -7.80. The molecule has 2 aliphatic rings. The minimum absolute atomic E-state index is 0.0245. The van der Waals surface area contributed by atoms with Crippen LogP contribution in [0.2, 0.25) is 0 Å². The van der Waals surface area contributed by atoms with Crippen LogP contribution in [0.3, 0.4) is 0 Å². The van der Waals surface area contributed by atoms with Crippen molar-refractivity contribution < 1.29 is 34.8 Å². The minimum Gasteiger partial charge on any atom is -0.379 e. The molecule has 4 amide bonds. The number of carbonyl (C=O) groups excluding carboxylic acids is 2. The summed E-state index contributed by atoms with van der Waals surface area (Å²) in [7, 11) is -8.09. The Morgan fingerprint density at radius 2 is 1.17 bits per heavy atom. The van der Waals surface area contributed by atoms with Crippen molar-refractivity contribution in [2.75, 3.05) is 56.4 Å². The summed E-state index contributed by atoms with van der Waals surface area (Å²) in [5.74, 6) is 0.749. The van der Waals surface area contributed by atoms with Crippen molar-refractivity contribution in [3.8, 4) is 22.9 Å². The second kappa shape index (κ2) is 21.5. The Morgan fingerprint density at radius 1 is 0.662 bits per heavy atom. The van der Waals surface area contributed by atoms with Crippen LogP contribution in [0, 0.1) is 0 Å². The summed E-state index contributed by atoms with van der Waals surface area (Å²) in [6.45, 7) is 8.22. The van der Waals surface area contributed by atoms with Crippen molar-refractivity contribution in [2.24, 2.45) is 0 Å². The van der Waals surface area contributed by atoms with Gasteiger partial charge in [-0.1, -0.05) is 6.92 Å². The lowest BCUT2D eigenvalue weighted by atomic mass is 10.2. The van der Waals surface area contributed by atoms with Crippen LogP contribution < -0.4 is 29.6 Å². The molecule has 2 fully saturated rings. The highest BCUT2D eigenvalue weighted by Crippen LogP contribution is 2.27. The van der Waals surface area contributed by atoms with Gasteiger partial charge in [0.25, 0.3) is 0 Å². The average molecular weight is 1010 g/mol. The maximum absolute atomic E-state index is 12.8. The maximum Gasteiger partial charge on any atom is 0.339 e. The van der Waals surface area contributed by atoms with E-state index in [0.717, 1.165) is 56.9 Å². The van der Waals surface area contributed by atoms with Gasteiger partial charge in [0.1, 0.15) is 21.3 Å². The number of nitrogens with one attached hydrogen (secondary N) is 6. The van der Waals surface area contributed by atoms with E-state index < -0.39 is 20.2 Å². The van der Waals surface area contributed by atoms with Gasteiger partial charge in [0.05, 0.1) is 34.7 Å². The molecule has 0 aliphatic carbocycles. The number of nitrogens with zero attached hydrogens (tertiary/aromatic N) is 8. The van der Waals surface area contributed by atoms with E-state index in [9.17, 15) is 26.4 Å². The first kappa shape index (κ1) is 48.2. The molecular weight excluding hydrogens is 953 g/mol. The summed E-state index contributed by atoms with van der Waals surface area (Å²) >= 11 is 0. The average Bonchev–Trinajstić information content (AvgIpc) is 4.23. The van der Waals surface area contributed by atoms with Crippen LogP contribution in [-0.4, -0.2) is 130 Å². The lowest BCUT2D eigenvalue weighted by molar-refractivity contribution is 0.238. The number of benzene rings is 4. The van der Waals surface area contributed by atoms with Crippen molar-refractivity contribution in [3.63, 3.8) is 0 Å². The Labute approximate surface area is 409 Å². The van der Waals surface area contributed by atoms with E-state index in [1.54, 1.807) is 83.0 Å². The first-order valence-electron chi connectivity index (χ1n) is 23.0. The van der Waals surface area contributed by atoms with E-state index in [2.05, 4.69) is 67.9 Å². The van der Waals surface area contributed by atoms with E-state index in [4.69, 9.17) is 8.37 Å². The van der Waals surface area contributed by atoms with E-state index in [-0.39, 0.29) is 45.2 Å². The molecular formula is C47H52N14O8S2. The predicted octanol–water partition coefficient (Wildman–Crippen LogP) is 5.86. The van der Waals surface area contributed by atoms with Gasteiger partial charge in [0, 0.05) is 74.0 Å². The quantitative estimate of drug-likeness (QED) is 0.0620. The molecule has 6 N–H and O–H groups in total. The van der Waals surface area contributed by atoms with Crippen molar-refractivity contribution >= 4 is 66.3 Å². The molecule has 24 heteroatoms. The van der Waals surface area contributed by atoms with Gasteiger partial charge in [0.2, 0.25) is 11.9 Å². The molecule has 2 saturated heterocycles. The zero-order valence-electron chi connectivity index (χ0n) is 38.6. The number of anilines is 2. The first-order valence-corrected chi connectivity index (χ1v) is 25.8. The summed E-state index contributed by atoms with van der Waals surface area (Å²) in [6, 6.07) is 21.6. The molecule has 0 spiro atoms. The maximum atomic E-state index is 12.8. The van der Waals surface area contributed by atoms with Crippen LogP contribution in [0.1, 0.15) is 32.6 Å². The summed E-state index contributed by atoms with van der Waals surface area (Å²) < 4.78 is 65.2.